The fraction of sp³-hybridized carbons (Fsp3) is 0.308. The second-order valence-electron chi connectivity index (χ2n) is 4.20. The maximum atomic E-state index is 11.9. The fourth-order valence-electron chi connectivity index (χ4n) is 1.96. The van der Waals surface area contributed by atoms with Crippen molar-refractivity contribution >= 4 is 16.8 Å². The van der Waals surface area contributed by atoms with E-state index in [-0.39, 0.29) is 5.91 Å². The molecule has 0 unspecified atom stereocenters. The number of rotatable bonds is 3. The van der Waals surface area contributed by atoms with Crippen molar-refractivity contribution in [2.24, 2.45) is 12.8 Å². The van der Waals surface area contributed by atoms with Crippen LogP contribution in [0.25, 0.3) is 10.9 Å². The van der Waals surface area contributed by atoms with E-state index in [2.05, 4.69) is 11.4 Å². The third-order valence-corrected chi connectivity index (χ3v) is 2.86. The van der Waals surface area contributed by atoms with Crippen molar-refractivity contribution in [3.05, 3.63) is 35.5 Å². The Morgan fingerprint density at radius 2 is 2.18 bits per heavy atom. The van der Waals surface area contributed by atoms with Crippen molar-refractivity contribution in [2.45, 2.75) is 6.92 Å². The van der Waals surface area contributed by atoms with Crippen LogP contribution in [-0.2, 0) is 7.05 Å². The SMILES string of the molecule is Cc1ccc2c(c1)cc(C(=O)NCCN)n2C. The summed E-state index contributed by atoms with van der Waals surface area (Å²) in [6.45, 7) is 2.99. The number of aryl methyl sites for hydroxylation is 2. The molecule has 0 aliphatic carbocycles. The van der Waals surface area contributed by atoms with Crippen molar-refractivity contribution in [1.82, 2.24) is 9.88 Å². The van der Waals surface area contributed by atoms with Crippen LogP contribution in [0, 0.1) is 6.92 Å². The second kappa shape index (κ2) is 4.59. The topological polar surface area (TPSA) is 60.1 Å². The second-order valence-corrected chi connectivity index (χ2v) is 4.20. The minimum atomic E-state index is -0.0770. The molecule has 1 aromatic heterocycles. The highest BCUT2D eigenvalue weighted by Crippen LogP contribution is 2.19. The molecule has 2 rings (SSSR count). The monoisotopic (exact) mass is 231 g/mol. The molecule has 90 valence electrons. The van der Waals surface area contributed by atoms with E-state index in [4.69, 9.17) is 5.73 Å². The van der Waals surface area contributed by atoms with Gasteiger partial charge in [0.05, 0.1) is 0 Å². The number of hydrogen-bond donors (Lipinski definition) is 2. The highest BCUT2D eigenvalue weighted by atomic mass is 16.1. The summed E-state index contributed by atoms with van der Waals surface area (Å²) in [5, 5.41) is 3.87. The van der Waals surface area contributed by atoms with Crippen molar-refractivity contribution < 1.29 is 4.79 Å². The Labute approximate surface area is 100 Å². The molecule has 4 heteroatoms. The number of nitrogens with two attached hydrogens (primary N) is 1. The maximum absolute atomic E-state index is 11.9. The number of aromatic nitrogens is 1. The van der Waals surface area contributed by atoms with Crippen LogP contribution < -0.4 is 11.1 Å². The first-order valence-corrected chi connectivity index (χ1v) is 5.68. The lowest BCUT2D eigenvalue weighted by molar-refractivity contribution is 0.0947. The van der Waals surface area contributed by atoms with Crippen molar-refractivity contribution in [3.8, 4) is 0 Å². The molecule has 0 spiro atoms. The minimum absolute atomic E-state index is 0.0770. The van der Waals surface area contributed by atoms with Gasteiger partial charge < -0.3 is 15.6 Å². The molecule has 3 N–H and O–H groups in total. The number of nitrogens with zero attached hydrogens (tertiary/aromatic N) is 1. The molecule has 0 aliphatic heterocycles. The first kappa shape index (κ1) is 11.7. The summed E-state index contributed by atoms with van der Waals surface area (Å²) < 4.78 is 1.90. The van der Waals surface area contributed by atoms with Crippen LogP contribution in [0.15, 0.2) is 24.3 Å². The third kappa shape index (κ3) is 2.17. The Morgan fingerprint density at radius 3 is 2.88 bits per heavy atom. The smallest absolute Gasteiger partial charge is 0.267 e. The van der Waals surface area contributed by atoms with Gasteiger partial charge in [0.1, 0.15) is 5.69 Å². The van der Waals surface area contributed by atoms with Crippen LogP contribution in [0.3, 0.4) is 0 Å². The van der Waals surface area contributed by atoms with Gasteiger partial charge in [0, 0.05) is 31.0 Å². The zero-order chi connectivity index (χ0) is 12.4. The molecule has 4 nitrogen and oxygen atoms in total. The van der Waals surface area contributed by atoms with Gasteiger partial charge in [-0.2, -0.15) is 0 Å². The first-order chi connectivity index (χ1) is 8.13. The molecule has 0 radical (unpaired) electrons. The molecule has 1 aromatic carbocycles. The van der Waals surface area contributed by atoms with E-state index in [1.165, 1.54) is 5.56 Å². The summed E-state index contributed by atoms with van der Waals surface area (Å²) in [6.07, 6.45) is 0. The van der Waals surface area contributed by atoms with Gasteiger partial charge in [-0.1, -0.05) is 11.6 Å². The lowest BCUT2D eigenvalue weighted by Crippen LogP contribution is -2.30. The lowest BCUT2D eigenvalue weighted by atomic mass is 10.2. The number of nitrogens with one attached hydrogen (secondary N) is 1. The van der Waals surface area contributed by atoms with Crippen LogP contribution >= 0.6 is 0 Å². The quantitative estimate of drug-likeness (QED) is 0.833. The Hall–Kier alpha value is -1.81. The summed E-state index contributed by atoms with van der Waals surface area (Å²) in [7, 11) is 1.90. The number of fused-ring (bicyclic) bond motifs is 1. The van der Waals surface area contributed by atoms with Gasteiger partial charge in [-0.15, -0.1) is 0 Å². The summed E-state index contributed by atoms with van der Waals surface area (Å²) in [5.41, 5.74) is 8.29. The van der Waals surface area contributed by atoms with Crippen LogP contribution in [-0.4, -0.2) is 23.6 Å². The maximum Gasteiger partial charge on any atom is 0.267 e. The average molecular weight is 231 g/mol. The van der Waals surface area contributed by atoms with Crippen molar-refractivity contribution in [1.29, 1.82) is 0 Å². The number of benzene rings is 1. The number of hydrogen-bond acceptors (Lipinski definition) is 2. The number of carbonyl (C=O) groups is 1. The Kier molecular flexibility index (Phi) is 3.15. The summed E-state index contributed by atoms with van der Waals surface area (Å²) >= 11 is 0. The molecule has 0 saturated heterocycles. The summed E-state index contributed by atoms with van der Waals surface area (Å²) in [6, 6.07) is 8.07. The normalized spacial score (nSPS) is 10.8. The Bertz CT molecular complexity index is 557. The molecule has 17 heavy (non-hydrogen) atoms. The molecule has 1 amide bonds. The molecular weight excluding hydrogens is 214 g/mol. The van der Waals surface area contributed by atoms with E-state index < -0.39 is 0 Å². The molecule has 0 saturated carbocycles. The molecule has 1 heterocycles. The molecular formula is C13H17N3O. The van der Waals surface area contributed by atoms with Crippen LogP contribution in [0.2, 0.25) is 0 Å². The van der Waals surface area contributed by atoms with E-state index in [0.29, 0.717) is 18.8 Å². The number of amides is 1. The summed E-state index contributed by atoms with van der Waals surface area (Å²) in [5.74, 6) is -0.0770. The Morgan fingerprint density at radius 1 is 1.41 bits per heavy atom. The van der Waals surface area contributed by atoms with Gasteiger partial charge in [-0.25, -0.2) is 0 Å². The number of carbonyl (C=O) groups excluding carboxylic acids is 1. The van der Waals surface area contributed by atoms with Gasteiger partial charge in [0.15, 0.2) is 0 Å². The van der Waals surface area contributed by atoms with Gasteiger partial charge >= 0.3 is 0 Å². The van der Waals surface area contributed by atoms with E-state index in [1.54, 1.807) is 0 Å². The van der Waals surface area contributed by atoms with E-state index in [0.717, 1.165) is 10.9 Å². The predicted molar refractivity (Wildman–Crippen MR) is 69.0 cm³/mol. The van der Waals surface area contributed by atoms with Crippen LogP contribution in [0.1, 0.15) is 16.1 Å². The molecule has 2 aromatic rings. The predicted octanol–water partition coefficient (Wildman–Crippen LogP) is 1.18. The molecule has 0 fully saturated rings. The lowest BCUT2D eigenvalue weighted by Gasteiger charge is -2.04. The Balaban J connectivity index is 2.41. The van der Waals surface area contributed by atoms with Gasteiger partial charge in [-0.3, -0.25) is 4.79 Å². The van der Waals surface area contributed by atoms with E-state index in [1.807, 2.05) is 36.7 Å². The fourth-order valence-corrected chi connectivity index (χ4v) is 1.96. The zero-order valence-electron chi connectivity index (χ0n) is 10.2. The van der Waals surface area contributed by atoms with E-state index >= 15 is 0 Å². The van der Waals surface area contributed by atoms with Crippen LogP contribution in [0.5, 0.6) is 0 Å². The minimum Gasteiger partial charge on any atom is -0.349 e. The van der Waals surface area contributed by atoms with Crippen molar-refractivity contribution in [3.63, 3.8) is 0 Å². The van der Waals surface area contributed by atoms with Gasteiger partial charge in [0.25, 0.3) is 5.91 Å². The standard InChI is InChI=1S/C13H17N3O/c1-9-3-4-11-10(7-9)8-12(16(11)2)13(17)15-6-5-14/h3-4,7-8H,5-6,14H2,1-2H3,(H,15,17). The van der Waals surface area contributed by atoms with Crippen molar-refractivity contribution in [2.75, 3.05) is 13.1 Å². The summed E-state index contributed by atoms with van der Waals surface area (Å²) in [4.78, 5) is 11.9. The van der Waals surface area contributed by atoms with Crippen LogP contribution in [0.4, 0.5) is 0 Å². The molecule has 0 atom stereocenters. The first-order valence-electron chi connectivity index (χ1n) is 5.68. The highest BCUT2D eigenvalue weighted by molar-refractivity contribution is 5.98. The largest absolute Gasteiger partial charge is 0.349 e. The third-order valence-electron chi connectivity index (χ3n) is 2.86. The molecule has 0 bridgehead atoms. The molecule has 0 aliphatic rings. The zero-order valence-corrected chi connectivity index (χ0v) is 10.2. The average Bonchev–Trinajstić information content (AvgIpc) is 2.63. The van der Waals surface area contributed by atoms with E-state index in [9.17, 15) is 4.79 Å². The highest BCUT2D eigenvalue weighted by Gasteiger charge is 2.12. The van der Waals surface area contributed by atoms with Gasteiger partial charge in [-0.05, 0) is 25.1 Å². The van der Waals surface area contributed by atoms with Gasteiger partial charge in [0.2, 0.25) is 0 Å².